The third kappa shape index (κ3) is 3.32. The van der Waals surface area contributed by atoms with E-state index in [0.717, 1.165) is 11.1 Å². The largest absolute Gasteiger partial charge is 0.386 e. The summed E-state index contributed by atoms with van der Waals surface area (Å²) in [4.78, 5) is 0. The molecule has 0 aliphatic heterocycles. The molecular weight excluding hydrogens is 340 g/mol. The minimum atomic E-state index is -0.234. The van der Waals surface area contributed by atoms with Crippen molar-refractivity contribution in [1.29, 1.82) is 0 Å². The van der Waals surface area contributed by atoms with Gasteiger partial charge in [-0.15, -0.1) is 0 Å². The van der Waals surface area contributed by atoms with Crippen molar-refractivity contribution in [2.75, 3.05) is 12.4 Å². The first-order valence-corrected chi connectivity index (χ1v) is 6.68. The van der Waals surface area contributed by atoms with E-state index in [-0.39, 0.29) is 5.82 Å². The molecule has 0 amide bonds. The van der Waals surface area contributed by atoms with Gasteiger partial charge in [0, 0.05) is 10.6 Å². The van der Waals surface area contributed by atoms with E-state index in [0.29, 0.717) is 5.69 Å². The van der Waals surface area contributed by atoms with Gasteiger partial charge in [0.2, 0.25) is 0 Å². The lowest BCUT2D eigenvalue weighted by Crippen LogP contribution is -1.92. The van der Waals surface area contributed by atoms with E-state index in [1.807, 2.05) is 42.5 Å². The smallest absolute Gasteiger partial charge is 0.146 e. The van der Waals surface area contributed by atoms with Crippen molar-refractivity contribution in [3.8, 4) is 0 Å². The van der Waals surface area contributed by atoms with Crippen molar-refractivity contribution < 1.29 is 4.39 Å². The fourth-order valence-corrected chi connectivity index (χ4v) is 1.96. The topological polar surface area (TPSA) is 12.0 Å². The zero-order valence-corrected chi connectivity index (χ0v) is 12.1. The van der Waals surface area contributed by atoms with E-state index in [4.69, 9.17) is 0 Å². The second-order valence-electron chi connectivity index (χ2n) is 3.87. The van der Waals surface area contributed by atoms with Crippen LogP contribution >= 0.6 is 22.6 Å². The molecule has 0 radical (unpaired) electrons. The zero-order valence-electron chi connectivity index (χ0n) is 9.95. The lowest BCUT2D eigenvalue weighted by molar-refractivity contribution is 0.631. The molecule has 92 valence electrons. The minimum absolute atomic E-state index is 0.234. The van der Waals surface area contributed by atoms with Crippen LogP contribution in [0.4, 0.5) is 10.1 Å². The summed E-state index contributed by atoms with van der Waals surface area (Å²) in [5.74, 6) is -0.234. The second kappa shape index (κ2) is 6.00. The molecule has 0 aliphatic carbocycles. The number of rotatable bonds is 3. The van der Waals surface area contributed by atoms with Crippen molar-refractivity contribution in [3.05, 3.63) is 63.0 Å². The van der Waals surface area contributed by atoms with Crippen molar-refractivity contribution in [1.82, 2.24) is 0 Å². The molecule has 0 unspecified atom stereocenters. The Morgan fingerprint density at radius 3 is 2.22 bits per heavy atom. The van der Waals surface area contributed by atoms with Crippen LogP contribution in [0, 0.1) is 9.39 Å². The van der Waals surface area contributed by atoms with Crippen LogP contribution in [0.3, 0.4) is 0 Å². The van der Waals surface area contributed by atoms with E-state index < -0.39 is 0 Å². The number of hydrogen-bond acceptors (Lipinski definition) is 1. The summed E-state index contributed by atoms with van der Waals surface area (Å²) in [5.41, 5.74) is 2.47. The molecule has 0 fully saturated rings. The van der Waals surface area contributed by atoms with Crippen LogP contribution in [0.15, 0.2) is 42.5 Å². The highest BCUT2D eigenvalue weighted by molar-refractivity contribution is 14.1. The predicted molar refractivity (Wildman–Crippen MR) is 84.0 cm³/mol. The van der Waals surface area contributed by atoms with Crippen LogP contribution in [0.25, 0.3) is 12.2 Å². The standard InChI is InChI=1S/C15H13FIN/c1-18-15-9-6-12(10-14(15)16)3-2-11-4-7-13(17)8-5-11/h2-10,18H,1H3/b3-2+. The predicted octanol–water partition coefficient (Wildman–Crippen LogP) is 4.64. The quantitative estimate of drug-likeness (QED) is 0.626. The van der Waals surface area contributed by atoms with Gasteiger partial charge in [0.25, 0.3) is 0 Å². The number of halogens is 2. The molecule has 0 atom stereocenters. The maximum atomic E-state index is 13.5. The average molecular weight is 353 g/mol. The first kappa shape index (κ1) is 13.1. The Morgan fingerprint density at radius 2 is 1.61 bits per heavy atom. The molecule has 0 heterocycles. The Hall–Kier alpha value is -1.36. The number of benzene rings is 2. The Kier molecular flexibility index (Phi) is 4.36. The average Bonchev–Trinajstić information content (AvgIpc) is 2.38. The lowest BCUT2D eigenvalue weighted by atomic mass is 10.1. The molecule has 0 bridgehead atoms. The molecule has 2 rings (SSSR count). The fraction of sp³-hybridized carbons (Fsp3) is 0.0667. The number of nitrogens with one attached hydrogen (secondary N) is 1. The molecule has 0 spiro atoms. The summed E-state index contributed by atoms with van der Waals surface area (Å²) in [6, 6.07) is 13.3. The Bertz CT molecular complexity index is 561. The van der Waals surface area contributed by atoms with Gasteiger partial charge in [0.05, 0.1) is 5.69 Å². The first-order chi connectivity index (χ1) is 8.69. The summed E-state index contributed by atoms with van der Waals surface area (Å²) >= 11 is 2.27. The van der Waals surface area contributed by atoms with Crippen LogP contribution in [-0.4, -0.2) is 7.05 Å². The van der Waals surface area contributed by atoms with Gasteiger partial charge in [0.15, 0.2) is 0 Å². The minimum Gasteiger partial charge on any atom is -0.386 e. The van der Waals surface area contributed by atoms with Crippen molar-refractivity contribution >= 4 is 40.4 Å². The SMILES string of the molecule is CNc1ccc(/C=C/c2ccc(I)cc2)cc1F. The highest BCUT2D eigenvalue weighted by atomic mass is 127. The second-order valence-corrected chi connectivity index (χ2v) is 5.12. The Morgan fingerprint density at radius 1 is 1.00 bits per heavy atom. The molecule has 2 aromatic carbocycles. The zero-order chi connectivity index (χ0) is 13.0. The normalized spacial score (nSPS) is 10.8. The van der Waals surface area contributed by atoms with Gasteiger partial charge in [-0.25, -0.2) is 4.39 Å². The van der Waals surface area contributed by atoms with Gasteiger partial charge in [-0.3, -0.25) is 0 Å². The van der Waals surface area contributed by atoms with E-state index >= 15 is 0 Å². The Labute approximate surface area is 120 Å². The maximum absolute atomic E-state index is 13.5. The summed E-state index contributed by atoms with van der Waals surface area (Å²) in [7, 11) is 1.71. The molecule has 18 heavy (non-hydrogen) atoms. The van der Waals surface area contributed by atoms with Gasteiger partial charge >= 0.3 is 0 Å². The van der Waals surface area contributed by atoms with E-state index in [2.05, 4.69) is 27.9 Å². The molecule has 0 aliphatic rings. The van der Waals surface area contributed by atoms with Gasteiger partial charge < -0.3 is 5.32 Å². The van der Waals surface area contributed by atoms with E-state index in [1.165, 1.54) is 9.64 Å². The first-order valence-electron chi connectivity index (χ1n) is 5.60. The highest BCUT2D eigenvalue weighted by Crippen LogP contribution is 2.17. The molecule has 1 N–H and O–H groups in total. The van der Waals surface area contributed by atoms with Crippen molar-refractivity contribution in [2.24, 2.45) is 0 Å². The fourth-order valence-electron chi connectivity index (χ4n) is 1.60. The van der Waals surface area contributed by atoms with Crippen molar-refractivity contribution in [2.45, 2.75) is 0 Å². The molecule has 1 nitrogen and oxygen atoms in total. The third-order valence-electron chi connectivity index (χ3n) is 2.60. The Balaban J connectivity index is 2.18. The van der Waals surface area contributed by atoms with Gasteiger partial charge in [-0.1, -0.05) is 30.4 Å². The molecule has 0 saturated heterocycles. The van der Waals surface area contributed by atoms with Crippen LogP contribution in [0.5, 0.6) is 0 Å². The maximum Gasteiger partial charge on any atom is 0.146 e. The van der Waals surface area contributed by atoms with E-state index in [9.17, 15) is 4.39 Å². The third-order valence-corrected chi connectivity index (χ3v) is 3.32. The molecule has 0 saturated carbocycles. The molecule has 3 heteroatoms. The van der Waals surface area contributed by atoms with Crippen LogP contribution < -0.4 is 5.32 Å². The number of anilines is 1. The van der Waals surface area contributed by atoms with E-state index in [1.54, 1.807) is 13.1 Å². The van der Waals surface area contributed by atoms with Crippen molar-refractivity contribution in [3.63, 3.8) is 0 Å². The summed E-state index contributed by atoms with van der Waals surface area (Å²) < 4.78 is 14.7. The van der Waals surface area contributed by atoms with Gasteiger partial charge in [-0.05, 0) is 58.0 Å². The summed E-state index contributed by atoms with van der Waals surface area (Å²) in [6.07, 6.45) is 3.88. The van der Waals surface area contributed by atoms with Gasteiger partial charge in [-0.2, -0.15) is 0 Å². The van der Waals surface area contributed by atoms with Gasteiger partial charge in [0.1, 0.15) is 5.82 Å². The monoisotopic (exact) mass is 353 g/mol. The number of hydrogen-bond donors (Lipinski definition) is 1. The van der Waals surface area contributed by atoms with Crippen LogP contribution in [0.2, 0.25) is 0 Å². The highest BCUT2D eigenvalue weighted by Gasteiger charge is 1.99. The molecular formula is C15H13FIN. The van der Waals surface area contributed by atoms with Crippen LogP contribution in [0.1, 0.15) is 11.1 Å². The van der Waals surface area contributed by atoms with Crippen LogP contribution in [-0.2, 0) is 0 Å². The summed E-state index contributed by atoms with van der Waals surface area (Å²) in [5, 5.41) is 2.80. The molecule has 0 aromatic heterocycles. The molecule has 2 aromatic rings. The lowest BCUT2D eigenvalue weighted by Gasteiger charge is -2.02. The summed E-state index contributed by atoms with van der Waals surface area (Å²) in [6.45, 7) is 0.